The van der Waals surface area contributed by atoms with Crippen molar-refractivity contribution in [1.82, 2.24) is 5.32 Å². The summed E-state index contributed by atoms with van der Waals surface area (Å²) in [5.74, 6) is -1.93. The van der Waals surface area contributed by atoms with E-state index in [9.17, 15) is 13.9 Å². The predicted molar refractivity (Wildman–Crippen MR) is 63.9 cm³/mol. The highest BCUT2D eigenvalue weighted by atomic mass is 19.1. The molecule has 100 valence electrons. The van der Waals surface area contributed by atoms with E-state index in [2.05, 4.69) is 5.32 Å². The lowest BCUT2D eigenvalue weighted by Gasteiger charge is -2.23. The number of phenols is 1. The van der Waals surface area contributed by atoms with Gasteiger partial charge in [-0.2, -0.15) is 0 Å². The molecular formula is C13H17F2NO2. The lowest BCUT2D eigenvalue weighted by atomic mass is 9.90. The largest absolute Gasteiger partial charge is 0.505 e. The lowest BCUT2D eigenvalue weighted by molar-refractivity contribution is 0.335. The maximum absolute atomic E-state index is 13.6. The Morgan fingerprint density at radius 2 is 2.00 bits per heavy atom. The second-order valence-corrected chi connectivity index (χ2v) is 4.60. The summed E-state index contributed by atoms with van der Waals surface area (Å²) >= 11 is 0. The second-order valence-electron chi connectivity index (χ2n) is 4.60. The van der Waals surface area contributed by atoms with Gasteiger partial charge in [0, 0.05) is 11.6 Å². The molecule has 2 rings (SSSR count). The topological polar surface area (TPSA) is 41.5 Å². The molecule has 0 spiro atoms. The minimum Gasteiger partial charge on any atom is -0.505 e. The summed E-state index contributed by atoms with van der Waals surface area (Å²) in [5.41, 5.74) is 0.238. The van der Waals surface area contributed by atoms with Gasteiger partial charge in [-0.3, -0.25) is 0 Å². The minimum atomic E-state index is -0.933. The normalized spacial score (nSPS) is 16.8. The zero-order valence-corrected chi connectivity index (χ0v) is 10.3. The highest BCUT2D eigenvalue weighted by molar-refractivity contribution is 5.46. The summed E-state index contributed by atoms with van der Waals surface area (Å²) in [6, 6.07) is 0.653. The van der Waals surface area contributed by atoms with E-state index in [-0.39, 0.29) is 11.3 Å². The molecule has 0 bridgehead atoms. The van der Waals surface area contributed by atoms with Crippen molar-refractivity contribution in [3.8, 4) is 11.5 Å². The molecule has 0 aromatic heterocycles. The smallest absolute Gasteiger partial charge is 0.168 e. The fourth-order valence-corrected chi connectivity index (χ4v) is 2.43. The highest BCUT2D eigenvalue weighted by Crippen LogP contribution is 2.36. The molecular weight excluding hydrogens is 240 g/mol. The van der Waals surface area contributed by atoms with Crippen molar-refractivity contribution in [2.75, 3.05) is 20.2 Å². The molecule has 1 aromatic carbocycles. The monoisotopic (exact) mass is 257 g/mol. The van der Waals surface area contributed by atoms with E-state index in [0.29, 0.717) is 18.4 Å². The van der Waals surface area contributed by atoms with E-state index < -0.39 is 17.4 Å². The molecule has 1 aliphatic heterocycles. The van der Waals surface area contributed by atoms with E-state index in [0.717, 1.165) is 25.9 Å². The summed E-state index contributed by atoms with van der Waals surface area (Å²) < 4.78 is 31.8. The number of methoxy groups -OCH3 is 1. The number of hydrogen-bond donors (Lipinski definition) is 2. The first-order chi connectivity index (χ1) is 8.63. The number of aromatic hydroxyl groups is 1. The molecule has 1 heterocycles. The van der Waals surface area contributed by atoms with Crippen LogP contribution >= 0.6 is 0 Å². The van der Waals surface area contributed by atoms with E-state index >= 15 is 0 Å². The summed E-state index contributed by atoms with van der Waals surface area (Å²) in [6.45, 7) is 1.79. The molecule has 0 aliphatic carbocycles. The average Bonchev–Trinajstić information content (AvgIpc) is 2.37. The van der Waals surface area contributed by atoms with Gasteiger partial charge >= 0.3 is 0 Å². The molecule has 5 heteroatoms. The van der Waals surface area contributed by atoms with Crippen LogP contribution in [0.5, 0.6) is 11.5 Å². The van der Waals surface area contributed by atoms with Crippen molar-refractivity contribution in [3.63, 3.8) is 0 Å². The predicted octanol–water partition coefficient (Wildman–Crippen LogP) is 2.22. The molecule has 1 aromatic rings. The number of rotatable bonds is 3. The quantitative estimate of drug-likeness (QED) is 0.872. The van der Waals surface area contributed by atoms with Gasteiger partial charge in [0.1, 0.15) is 0 Å². The highest BCUT2D eigenvalue weighted by Gasteiger charge is 2.23. The van der Waals surface area contributed by atoms with Gasteiger partial charge in [-0.25, -0.2) is 8.78 Å². The maximum atomic E-state index is 13.6. The second kappa shape index (κ2) is 5.52. The van der Waals surface area contributed by atoms with Crippen LogP contribution in [0, 0.1) is 17.6 Å². The molecule has 0 unspecified atom stereocenters. The van der Waals surface area contributed by atoms with Gasteiger partial charge in [-0.1, -0.05) is 0 Å². The van der Waals surface area contributed by atoms with E-state index in [1.807, 2.05) is 0 Å². The van der Waals surface area contributed by atoms with Crippen LogP contribution in [0.1, 0.15) is 18.4 Å². The molecule has 1 aliphatic rings. The summed E-state index contributed by atoms with van der Waals surface area (Å²) in [7, 11) is 1.32. The van der Waals surface area contributed by atoms with E-state index in [1.165, 1.54) is 7.11 Å². The molecule has 2 N–H and O–H groups in total. The van der Waals surface area contributed by atoms with E-state index in [1.54, 1.807) is 0 Å². The Labute approximate surface area is 105 Å². The van der Waals surface area contributed by atoms with Crippen molar-refractivity contribution in [3.05, 3.63) is 23.3 Å². The van der Waals surface area contributed by atoms with Crippen molar-refractivity contribution in [2.45, 2.75) is 19.3 Å². The molecule has 0 radical (unpaired) electrons. The standard InChI is InChI=1S/C13H17F2NO2/c1-18-13-9(6-8-2-4-16-5-3-8)12(17)10(14)7-11(13)15/h7-8,16-17H,2-6H2,1H3. The summed E-state index contributed by atoms with van der Waals surface area (Å²) in [4.78, 5) is 0. The maximum Gasteiger partial charge on any atom is 0.168 e. The Kier molecular flexibility index (Phi) is 4.01. The Bertz CT molecular complexity index is 431. The van der Waals surface area contributed by atoms with Gasteiger partial charge in [-0.05, 0) is 38.3 Å². The molecule has 1 fully saturated rings. The molecule has 0 atom stereocenters. The van der Waals surface area contributed by atoms with Gasteiger partial charge in [0.25, 0.3) is 0 Å². The molecule has 1 saturated heterocycles. The fourth-order valence-electron chi connectivity index (χ4n) is 2.43. The minimum absolute atomic E-state index is 0.0487. The number of ether oxygens (including phenoxy) is 1. The first-order valence-corrected chi connectivity index (χ1v) is 6.08. The van der Waals surface area contributed by atoms with Crippen LogP contribution < -0.4 is 10.1 Å². The molecule has 0 amide bonds. The van der Waals surface area contributed by atoms with E-state index in [4.69, 9.17) is 4.74 Å². The average molecular weight is 257 g/mol. The van der Waals surface area contributed by atoms with Crippen LogP contribution in [0.2, 0.25) is 0 Å². The van der Waals surface area contributed by atoms with Gasteiger partial charge in [0.2, 0.25) is 0 Å². The number of nitrogens with one attached hydrogen (secondary N) is 1. The first-order valence-electron chi connectivity index (χ1n) is 6.08. The van der Waals surface area contributed by atoms with Crippen molar-refractivity contribution in [2.24, 2.45) is 5.92 Å². The third kappa shape index (κ3) is 2.56. The number of halogens is 2. The van der Waals surface area contributed by atoms with Crippen molar-refractivity contribution >= 4 is 0 Å². The Hall–Kier alpha value is -1.36. The fraction of sp³-hybridized carbons (Fsp3) is 0.538. The van der Waals surface area contributed by atoms with Gasteiger partial charge in [0.15, 0.2) is 23.1 Å². The van der Waals surface area contributed by atoms with Gasteiger partial charge < -0.3 is 15.2 Å². The van der Waals surface area contributed by atoms with Crippen LogP contribution in [0.4, 0.5) is 8.78 Å². The third-order valence-electron chi connectivity index (χ3n) is 3.41. The third-order valence-corrected chi connectivity index (χ3v) is 3.41. The zero-order valence-electron chi connectivity index (χ0n) is 10.3. The van der Waals surface area contributed by atoms with Crippen molar-refractivity contribution in [1.29, 1.82) is 0 Å². The van der Waals surface area contributed by atoms with Gasteiger partial charge in [0.05, 0.1) is 7.11 Å². The number of piperidine rings is 1. The SMILES string of the molecule is COc1c(F)cc(F)c(O)c1CC1CCNCC1. The van der Waals surface area contributed by atoms with Crippen molar-refractivity contribution < 1.29 is 18.6 Å². The molecule has 3 nitrogen and oxygen atoms in total. The summed E-state index contributed by atoms with van der Waals surface area (Å²) in [6.07, 6.45) is 2.30. The Morgan fingerprint density at radius 3 is 2.61 bits per heavy atom. The number of hydrogen-bond acceptors (Lipinski definition) is 3. The Morgan fingerprint density at radius 1 is 1.33 bits per heavy atom. The van der Waals surface area contributed by atoms with Crippen LogP contribution in [-0.4, -0.2) is 25.3 Å². The number of phenolic OH excluding ortho intramolecular Hbond substituents is 1. The molecule has 18 heavy (non-hydrogen) atoms. The van der Waals surface area contributed by atoms with Crippen LogP contribution in [0.15, 0.2) is 6.07 Å². The van der Waals surface area contributed by atoms with Gasteiger partial charge in [-0.15, -0.1) is 0 Å². The lowest BCUT2D eigenvalue weighted by Crippen LogP contribution is -2.28. The number of benzene rings is 1. The van der Waals surface area contributed by atoms with Crippen LogP contribution in [0.3, 0.4) is 0 Å². The Balaban J connectivity index is 2.29. The molecule has 0 saturated carbocycles. The first kappa shape index (κ1) is 13.1. The zero-order chi connectivity index (χ0) is 13.1. The summed E-state index contributed by atoms with van der Waals surface area (Å²) in [5, 5.41) is 13.0. The van der Waals surface area contributed by atoms with Crippen LogP contribution in [0.25, 0.3) is 0 Å². The van der Waals surface area contributed by atoms with Crippen LogP contribution in [-0.2, 0) is 6.42 Å².